The average molecular weight is 1330 g/mol. The maximum atomic E-state index is 14.8. The van der Waals surface area contributed by atoms with Crippen LogP contribution >= 0.6 is 68.0 Å². The molecular weight excluding hydrogens is 1270 g/mol. The van der Waals surface area contributed by atoms with Crippen molar-refractivity contribution in [3.63, 3.8) is 0 Å². The number of benzene rings is 3. The van der Waals surface area contributed by atoms with Gasteiger partial charge in [0.2, 0.25) is 0 Å². The van der Waals surface area contributed by atoms with Gasteiger partial charge in [-0.1, -0.05) is 40.5 Å². The molecule has 18 nitrogen and oxygen atoms in total. The number of halogens is 3. The second-order valence-corrected chi connectivity index (χ2v) is 25.8. The van der Waals surface area contributed by atoms with Gasteiger partial charge in [0.25, 0.3) is 0 Å². The Kier molecular flexibility index (Phi) is 21.6. The summed E-state index contributed by atoms with van der Waals surface area (Å²) >= 11 is 8.73. The number of anilines is 3. The van der Waals surface area contributed by atoms with Gasteiger partial charge in [-0.2, -0.15) is 0 Å². The van der Waals surface area contributed by atoms with Gasteiger partial charge in [0.1, 0.15) is 69.8 Å². The summed E-state index contributed by atoms with van der Waals surface area (Å²) in [5.41, 5.74) is 6.72. The highest BCUT2D eigenvalue weighted by Crippen LogP contribution is 2.43. The molecule has 3 saturated heterocycles. The third-order valence-electron chi connectivity index (χ3n) is 14.6. The molecule has 3 atom stereocenters. The van der Waals surface area contributed by atoms with Gasteiger partial charge in [-0.15, -0.1) is 68.0 Å². The highest BCUT2D eigenvalue weighted by molar-refractivity contribution is 7.24. The van der Waals surface area contributed by atoms with Crippen LogP contribution in [0.25, 0.3) is 64.4 Å². The molecule has 9 aromatic heterocycles. The minimum absolute atomic E-state index is 0. The highest BCUT2D eigenvalue weighted by atomic mass is 32.1. The Morgan fingerprint density at radius 1 is 0.378 bits per heavy atom. The Bertz CT molecular complexity index is 3860. The van der Waals surface area contributed by atoms with Crippen molar-refractivity contribution >= 4 is 114 Å². The molecule has 15 rings (SSSR count). The molecule has 0 aliphatic carbocycles. The zero-order valence-electron chi connectivity index (χ0n) is 45.9. The quantitative estimate of drug-likeness (QED) is 0.104. The van der Waals surface area contributed by atoms with Gasteiger partial charge in [0.05, 0.1) is 102 Å². The molecule has 3 N–H and O–H groups in total. The molecule has 27 heteroatoms. The predicted molar refractivity (Wildman–Crippen MR) is 356 cm³/mol. The number of morpholine rings is 3. The number of hydrogen-bond acceptors (Lipinski definition) is 24. The van der Waals surface area contributed by atoms with E-state index in [1.54, 1.807) is 105 Å². The summed E-state index contributed by atoms with van der Waals surface area (Å²) in [5, 5.41) is 42.2. The van der Waals surface area contributed by atoms with Crippen molar-refractivity contribution < 1.29 is 42.7 Å². The Labute approximate surface area is 541 Å². The first-order valence-corrected chi connectivity index (χ1v) is 32.5. The second kappa shape index (κ2) is 29.7. The number of hydrogen-bond donors (Lipinski definition) is 3. The SMILES string of the molecule is C.C.C.OC(c1ccc(F)c(-c2ncnc3cc(N4CCOCC4)sc23)c1)c1nccs1.OC(c1ccc(F)c(-c2ncnc3cc(N4CCOCC4)sc23)c1)c1nccs1.OC(c1ccc(F)c(-c2ncnc3cc(N4CCOCC4)sc23)c1)c1nccs1. The Morgan fingerprint density at radius 2 is 0.656 bits per heavy atom. The summed E-state index contributed by atoms with van der Waals surface area (Å²) in [6, 6.07) is 19.8. The van der Waals surface area contributed by atoms with E-state index < -0.39 is 18.3 Å². The van der Waals surface area contributed by atoms with Crippen molar-refractivity contribution in [3.8, 4) is 33.8 Å². The number of ether oxygens (including phenoxy) is 3. The third kappa shape index (κ3) is 14.1. The van der Waals surface area contributed by atoms with Crippen LogP contribution in [0.5, 0.6) is 0 Å². The van der Waals surface area contributed by atoms with Gasteiger partial charge in [0.15, 0.2) is 0 Å². The second-order valence-electron chi connectivity index (χ2n) is 19.9. The zero-order valence-corrected chi connectivity index (χ0v) is 50.8. The first-order chi connectivity index (χ1) is 42.6. The van der Waals surface area contributed by atoms with E-state index in [9.17, 15) is 28.5 Å². The zero-order chi connectivity index (χ0) is 59.4. The molecule has 90 heavy (non-hydrogen) atoms. The van der Waals surface area contributed by atoms with Crippen LogP contribution in [-0.2, 0) is 14.2 Å². The van der Waals surface area contributed by atoms with E-state index in [2.05, 4.69) is 59.6 Å². The lowest BCUT2D eigenvalue weighted by Gasteiger charge is -2.27. The Hall–Kier alpha value is -7.38. The predicted octanol–water partition coefficient (Wildman–Crippen LogP) is 13.5. The van der Waals surface area contributed by atoms with E-state index in [1.807, 2.05) is 18.2 Å². The largest absolute Gasteiger partial charge is 0.381 e. The summed E-state index contributed by atoms with van der Waals surface area (Å²) < 4.78 is 63.1. The van der Waals surface area contributed by atoms with Crippen molar-refractivity contribution in [3.05, 3.63) is 176 Å². The number of thiophene rings is 3. The fourth-order valence-electron chi connectivity index (χ4n) is 10.1. The number of aliphatic hydroxyl groups excluding tert-OH is 3. The molecule has 468 valence electrons. The molecule has 3 unspecified atom stereocenters. The monoisotopic (exact) mass is 1330 g/mol. The molecule has 3 aromatic carbocycles. The summed E-state index contributed by atoms with van der Waals surface area (Å²) in [5.74, 6) is -1.16. The number of nitrogens with zero attached hydrogens (tertiary/aromatic N) is 12. The molecule has 0 radical (unpaired) electrons. The van der Waals surface area contributed by atoms with Crippen molar-refractivity contribution in [2.75, 3.05) is 93.6 Å². The molecule has 3 aliphatic rings. The van der Waals surface area contributed by atoms with Gasteiger partial charge in [-0.05, 0) is 71.3 Å². The van der Waals surface area contributed by atoms with E-state index in [1.165, 1.54) is 71.2 Å². The van der Waals surface area contributed by atoms with E-state index in [0.717, 1.165) is 84.9 Å². The number of aromatic nitrogens is 9. The maximum Gasteiger partial charge on any atom is 0.132 e. The lowest BCUT2D eigenvalue weighted by Crippen LogP contribution is -2.35. The summed E-state index contributed by atoms with van der Waals surface area (Å²) in [7, 11) is 0. The molecule has 0 bridgehead atoms. The summed E-state index contributed by atoms with van der Waals surface area (Å²) in [6.45, 7) is 9.07. The minimum Gasteiger partial charge on any atom is -0.381 e. The summed E-state index contributed by atoms with van der Waals surface area (Å²) in [6.07, 6.45) is 6.57. The van der Waals surface area contributed by atoms with Crippen LogP contribution in [0.1, 0.15) is 72.3 Å². The normalized spacial score (nSPS) is 15.2. The van der Waals surface area contributed by atoms with Gasteiger partial charge < -0.3 is 44.2 Å². The maximum absolute atomic E-state index is 14.8. The minimum atomic E-state index is -0.904. The van der Waals surface area contributed by atoms with Crippen molar-refractivity contribution in [1.82, 2.24) is 44.9 Å². The van der Waals surface area contributed by atoms with Crippen LogP contribution in [0.3, 0.4) is 0 Å². The molecule has 0 saturated carbocycles. The number of fused-ring (bicyclic) bond motifs is 3. The van der Waals surface area contributed by atoms with Crippen LogP contribution in [0, 0.1) is 17.5 Å². The topological polar surface area (TPSA) is 214 Å². The number of rotatable bonds is 12. The third-order valence-corrected chi connectivity index (χ3v) is 20.7. The Balaban J connectivity index is 0.000000146. The van der Waals surface area contributed by atoms with E-state index in [4.69, 9.17) is 14.2 Å². The first-order valence-electron chi connectivity index (χ1n) is 27.5. The van der Waals surface area contributed by atoms with E-state index in [-0.39, 0.29) is 39.7 Å². The van der Waals surface area contributed by atoms with Crippen LogP contribution in [0.15, 0.2) is 127 Å². The van der Waals surface area contributed by atoms with Crippen LogP contribution in [0.2, 0.25) is 0 Å². The molecule has 0 amide bonds. The summed E-state index contributed by atoms with van der Waals surface area (Å²) in [4.78, 5) is 45.5. The Morgan fingerprint density at radius 3 is 0.911 bits per heavy atom. The van der Waals surface area contributed by atoms with Crippen molar-refractivity contribution in [2.45, 2.75) is 40.6 Å². The van der Waals surface area contributed by atoms with Gasteiger partial charge >= 0.3 is 0 Å². The van der Waals surface area contributed by atoms with Crippen molar-refractivity contribution in [1.29, 1.82) is 0 Å². The molecule has 0 spiro atoms. The molecule has 3 fully saturated rings. The first kappa shape index (κ1) is 65.6. The van der Waals surface area contributed by atoms with E-state index >= 15 is 0 Å². The molecular formula is C63H63F3N12O6S6. The molecule has 12 heterocycles. The van der Waals surface area contributed by atoms with Gasteiger partial charge in [0, 0.05) is 90.7 Å². The average Bonchev–Trinajstić information content (AvgIpc) is 1.62. The van der Waals surface area contributed by atoms with Crippen molar-refractivity contribution in [2.24, 2.45) is 0 Å². The smallest absolute Gasteiger partial charge is 0.132 e. The number of thiazole rings is 3. The lowest BCUT2D eigenvalue weighted by atomic mass is 10.0. The standard InChI is InChI=1S/3C20H17FN4O2S2.3CH4/c3*21-14-2-1-12(18(26)20-22-3-8-28-20)9-13(14)17-19-15(23-11-24-17)10-16(29-19)25-4-6-27-7-5-25;;;/h3*1-3,8-11,18,26H,4-7H2;3*1H4. The fourth-order valence-corrected chi connectivity index (χ4v) is 15.6. The van der Waals surface area contributed by atoms with Crippen LogP contribution in [-0.4, -0.2) is 139 Å². The van der Waals surface area contributed by atoms with Gasteiger partial charge in [-0.3, -0.25) is 0 Å². The fraction of sp³-hybridized carbons (Fsp3) is 0.286. The van der Waals surface area contributed by atoms with Crippen LogP contribution in [0.4, 0.5) is 28.2 Å². The molecule has 12 aromatic rings. The molecule has 3 aliphatic heterocycles. The number of aliphatic hydroxyl groups is 3. The van der Waals surface area contributed by atoms with Crippen LogP contribution < -0.4 is 14.7 Å². The highest BCUT2D eigenvalue weighted by Gasteiger charge is 2.25. The lowest BCUT2D eigenvalue weighted by molar-refractivity contribution is 0.123. The van der Waals surface area contributed by atoms with E-state index in [0.29, 0.717) is 105 Å². The van der Waals surface area contributed by atoms with Gasteiger partial charge in [-0.25, -0.2) is 58.0 Å².